The Morgan fingerprint density at radius 3 is 2.00 bits per heavy atom. The first-order chi connectivity index (χ1) is 20.7. The number of carboxylic acids is 1. The van der Waals surface area contributed by atoms with E-state index in [9.17, 15) is 29.4 Å². The molecule has 0 saturated heterocycles. The Morgan fingerprint density at radius 2 is 1.40 bits per heavy atom. The van der Waals surface area contributed by atoms with Crippen LogP contribution in [0.3, 0.4) is 0 Å². The molecule has 4 atom stereocenters. The van der Waals surface area contributed by atoms with Crippen LogP contribution >= 0.6 is 0 Å². The van der Waals surface area contributed by atoms with Gasteiger partial charge in [0.25, 0.3) is 0 Å². The van der Waals surface area contributed by atoms with Crippen molar-refractivity contribution in [3.8, 4) is 5.75 Å². The fraction of sp³-hybridized carbons (Fsp3) is 0.367. The van der Waals surface area contributed by atoms with Crippen LogP contribution in [-0.2, 0) is 38.4 Å². The molecule has 3 rings (SSSR count). The second-order valence-electron chi connectivity index (χ2n) is 10.3. The van der Waals surface area contributed by atoms with Gasteiger partial charge in [0.05, 0.1) is 12.4 Å². The van der Waals surface area contributed by atoms with E-state index in [2.05, 4.69) is 25.9 Å². The summed E-state index contributed by atoms with van der Waals surface area (Å²) in [5.74, 6) is -3.12. The molecule has 2 aromatic carbocycles. The zero-order valence-electron chi connectivity index (χ0n) is 23.7. The van der Waals surface area contributed by atoms with Gasteiger partial charge in [-0.2, -0.15) is 0 Å². The summed E-state index contributed by atoms with van der Waals surface area (Å²) in [7, 11) is 0. The molecular formula is C30H39N7O6. The number of H-pyrrole nitrogens is 1. The molecule has 43 heavy (non-hydrogen) atoms. The van der Waals surface area contributed by atoms with Crippen molar-refractivity contribution in [3.63, 3.8) is 0 Å². The Balaban J connectivity index is 1.79. The molecule has 13 nitrogen and oxygen atoms in total. The molecule has 3 amide bonds. The molecule has 0 aliphatic carbocycles. The van der Waals surface area contributed by atoms with Crippen molar-refractivity contribution in [2.75, 3.05) is 6.54 Å². The minimum Gasteiger partial charge on any atom is -0.508 e. The Morgan fingerprint density at radius 1 is 0.791 bits per heavy atom. The molecule has 3 aromatic rings. The van der Waals surface area contributed by atoms with Crippen LogP contribution in [0.5, 0.6) is 5.75 Å². The fourth-order valence-electron chi connectivity index (χ4n) is 4.44. The molecule has 0 aliphatic rings. The minimum absolute atomic E-state index is 0.0138. The standard InChI is InChI=1S/C30H39N7O6/c31-13-5-4-8-24(30(42)43)35-29(41)26(16-21-17-33-18-34-21)37-28(40)25(15-20-9-11-22(38)12-10-20)36-27(39)23(32)14-19-6-2-1-3-7-19/h1-3,6-7,9-12,17-18,23-26,38H,4-5,8,13-16,31-32H2,(H,33,34)(H,35,41)(H,36,39)(H,37,40)(H,42,43). The average Bonchev–Trinajstić information content (AvgIpc) is 3.50. The van der Waals surface area contributed by atoms with Crippen molar-refractivity contribution >= 4 is 23.7 Å². The number of amides is 3. The monoisotopic (exact) mass is 593 g/mol. The van der Waals surface area contributed by atoms with Gasteiger partial charge in [-0.1, -0.05) is 42.5 Å². The minimum atomic E-state index is -1.21. The van der Waals surface area contributed by atoms with Gasteiger partial charge in [-0.05, 0) is 55.5 Å². The number of carbonyl (C=O) groups is 4. The Bertz CT molecular complexity index is 1320. The SMILES string of the molecule is NCCCCC(NC(=O)C(Cc1cnc[nH]1)NC(=O)C(Cc1ccc(O)cc1)NC(=O)C(N)Cc1ccccc1)C(=O)O. The van der Waals surface area contributed by atoms with E-state index in [4.69, 9.17) is 11.5 Å². The first-order valence-corrected chi connectivity index (χ1v) is 14.0. The van der Waals surface area contributed by atoms with Crippen LogP contribution in [0, 0.1) is 0 Å². The van der Waals surface area contributed by atoms with Crippen LogP contribution in [0.4, 0.5) is 0 Å². The largest absolute Gasteiger partial charge is 0.508 e. The van der Waals surface area contributed by atoms with Crippen LogP contribution in [0.2, 0.25) is 0 Å². The Labute approximate surface area is 249 Å². The van der Waals surface area contributed by atoms with E-state index in [1.165, 1.54) is 24.7 Å². The van der Waals surface area contributed by atoms with Gasteiger partial charge < -0.3 is 42.6 Å². The quantitative estimate of drug-likeness (QED) is 0.0995. The van der Waals surface area contributed by atoms with Gasteiger partial charge in [0, 0.05) is 24.7 Å². The first kappa shape index (κ1) is 32.8. The number of rotatable bonds is 17. The first-order valence-electron chi connectivity index (χ1n) is 14.0. The predicted molar refractivity (Wildman–Crippen MR) is 159 cm³/mol. The average molecular weight is 594 g/mol. The van der Waals surface area contributed by atoms with Crippen molar-refractivity contribution in [2.45, 2.75) is 62.7 Å². The summed E-state index contributed by atoms with van der Waals surface area (Å²) in [5.41, 5.74) is 13.7. The zero-order chi connectivity index (χ0) is 31.2. The number of carboxylic acid groups (broad SMARTS) is 1. The van der Waals surface area contributed by atoms with Crippen molar-refractivity contribution in [2.24, 2.45) is 11.5 Å². The van der Waals surface area contributed by atoms with Gasteiger partial charge in [0.1, 0.15) is 23.9 Å². The lowest BCUT2D eigenvalue weighted by atomic mass is 10.0. The summed E-state index contributed by atoms with van der Waals surface area (Å²) in [6.07, 6.45) is 4.43. The third-order valence-corrected chi connectivity index (χ3v) is 6.82. The van der Waals surface area contributed by atoms with Gasteiger partial charge in [-0.25, -0.2) is 9.78 Å². The van der Waals surface area contributed by atoms with E-state index >= 15 is 0 Å². The van der Waals surface area contributed by atoms with Crippen LogP contribution in [-0.4, -0.2) is 74.6 Å². The number of benzene rings is 2. The Kier molecular flexibility index (Phi) is 12.7. The second kappa shape index (κ2) is 16.6. The molecule has 0 saturated carbocycles. The molecule has 10 N–H and O–H groups in total. The molecule has 0 aliphatic heterocycles. The highest BCUT2D eigenvalue weighted by Crippen LogP contribution is 2.13. The molecule has 0 bridgehead atoms. The van der Waals surface area contributed by atoms with Gasteiger partial charge in [0.2, 0.25) is 17.7 Å². The summed E-state index contributed by atoms with van der Waals surface area (Å²) in [6, 6.07) is 10.9. The Hall–Kier alpha value is -4.75. The highest BCUT2D eigenvalue weighted by atomic mass is 16.4. The summed E-state index contributed by atoms with van der Waals surface area (Å²) in [5, 5.41) is 27.2. The summed E-state index contributed by atoms with van der Waals surface area (Å²) in [4.78, 5) is 58.7. The van der Waals surface area contributed by atoms with E-state index in [0.717, 1.165) is 5.56 Å². The number of nitrogens with zero attached hydrogens (tertiary/aromatic N) is 1. The van der Waals surface area contributed by atoms with Gasteiger partial charge in [-0.3, -0.25) is 14.4 Å². The van der Waals surface area contributed by atoms with Gasteiger partial charge >= 0.3 is 5.97 Å². The molecule has 0 radical (unpaired) electrons. The number of carbonyl (C=O) groups excluding carboxylic acids is 3. The lowest BCUT2D eigenvalue weighted by Gasteiger charge is -2.25. The zero-order valence-corrected chi connectivity index (χ0v) is 23.7. The van der Waals surface area contributed by atoms with E-state index in [1.807, 2.05) is 30.3 Å². The van der Waals surface area contributed by atoms with E-state index in [-0.39, 0.29) is 31.4 Å². The van der Waals surface area contributed by atoms with E-state index in [0.29, 0.717) is 30.6 Å². The number of aromatic amines is 1. The number of unbranched alkanes of at least 4 members (excludes halogenated alkanes) is 1. The van der Waals surface area contributed by atoms with Crippen molar-refractivity contribution in [1.82, 2.24) is 25.9 Å². The van der Waals surface area contributed by atoms with Gasteiger partial charge in [-0.15, -0.1) is 0 Å². The number of hydrogen-bond acceptors (Lipinski definition) is 8. The lowest BCUT2D eigenvalue weighted by molar-refractivity contribution is -0.142. The van der Waals surface area contributed by atoms with Crippen molar-refractivity contribution in [1.29, 1.82) is 0 Å². The number of nitrogens with one attached hydrogen (secondary N) is 4. The molecule has 4 unspecified atom stereocenters. The molecule has 0 fully saturated rings. The lowest BCUT2D eigenvalue weighted by Crippen LogP contribution is -2.58. The number of aliphatic carboxylic acids is 1. The normalized spacial score (nSPS) is 13.7. The number of imidazole rings is 1. The summed E-state index contributed by atoms with van der Waals surface area (Å²) in [6.45, 7) is 0.391. The van der Waals surface area contributed by atoms with Crippen molar-refractivity contribution in [3.05, 3.63) is 83.9 Å². The molecule has 13 heteroatoms. The van der Waals surface area contributed by atoms with Crippen molar-refractivity contribution < 1.29 is 29.4 Å². The molecule has 230 valence electrons. The molecule has 1 heterocycles. The number of aromatic hydroxyl groups is 1. The number of phenols is 1. The summed E-state index contributed by atoms with van der Waals surface area (Å²) >= 11 is 0. The van der Waals surface area contributed by atoms with E-state index in [1.54, 1.807) is 12.1 Å². The van der Waals surface area contributed by atoms with Gasteiger partial charge in [0.15, 0.2) is 0 Å². The third kappa shape index (κ3) is 10.9. The molecule has 0 spiro atoms. The number of phenolic OH excluding ortho intramolecular Hbond substituents is 1. The molecule has 1 aromatic heterocycles. The predicted octanol–water partition coefficient (Wildman–Crippen LogP) is 0.139. The maximum absolute atomic E-state index is 13.7. The maximum atomic E-state index is 13.7. The van der Waals surface area contributed by atoms with Crippen LogP contribution in [0.25, 0.3) is 0 Å². The highest BCUT2D eigenvalue weighted by Gasteiger charge is 2.31. The number of hydrogen-bond donors (Lipinski definition) is 8. The van der Waals surface area contributed by atoms with E-state index < -0.39 is 47.9 Å². The number of aromatic nitrogens is 2. The summed E-state index contributed by atoms with van der Waals surface area (Å²) < 4.78 is 0. The third-order valence-electron chi connectivity index (χ3n) is 6.82. The van der Waals surface area contributed by atoms with Crippen LogP contribution in [0.1, 0.15) is 36.1 Å². The maximum Gasteiger partial charge on any atom is 0.326 e. The highest BCUT2D eigenvalue weighted by molar-refractivity contribution is 5.94. The van der Waals surface area contributed by atoms with Crippen LogP contribution in [0.15, 0.2) is 67.1 Å². The second-order valence-corrected chi connectivity index (χ2v) is 10.3. The van der Waals surface area contributed by atoms with Crippen LogP contribution < -0.4 is 27.4 Å². The number of nitrogens with two attached hydrogens (primary N) is 2. The fourth-order valence-corrected chi connectivity index (χ4v) is 4.44. The molecular weight excluding hydrogens is 554 g/mol. The smallest absolute Gasteiger partial charge is 0.326 e. The topological polar surface area (TPSA) is 226 Å².